The third-order valence-electron chi connectivity index (χ3n) is 15.9. The van der Waals surface area contributed by atoms with Gasteiger partial charge in [0.05, 0.1) is 45.4 Å². The van der Waals surface area contributed by atoms with Crippen molar-refractivity contribution in [3.05, 3.63) is 161 Å². The van der Waals surface area contributed by atoms with Crippen LogP contribution in [0.4, 0.5) is 16.5 Å². The SMILES string of the molecule is CCCC[N+]1=C(/C=C/C(=C/C=C2/N(CCCS(=O)(=O)O)c3ccc4c(S(=O)(=O)O)cc(S(=O)(=O)O)cc4c3C2(C)C)c2ccc(C(=O)NCCOCCC(=O)NCc3ccc(C(=O)Nc4nnc(S(N)(=O)=O)s4)cc3)cn2)C(C)(C)c2c1ccc1ccc(S(=O)(=O)O)cc21.O=S(=O)=O. The number of hydrogen-bond donors (Lipinski definition) is 8. The normalized spacial score (nSPS) is 15.1. The fraction of sp³-hybridized carbons (Fsp3) is 0.295. The van der Waals surface area contributed by atoms with Gasteiger partial charge in [0.15, 0.2) is 5.71 Å². The van der Waals surface area contributed by atoms with E-state index in [0.717, 1.165) is 41.3 Å². The summed E-state index contributed by atoms with van der Waals surface area (Å²) in [5.74, 6) is -2.07. The van der Waals surface area contributed by atoms with Gasteiger partial charge < -0.3 is 20.3 Å². The Morgan fingerprint density at radius 2 is 1.39 bits per heavy atom. The minimum atomic E-state index is -5.10. The molecule has 5 aromatic carbocycles. The molecule has 0 saturated heterocycles. The number of nitrogens with two attached hydrogens (primary N) is 1. The highest BCUT2D eigenvalue weighted by molar-refractivity contribution is 7.91. The van der Waals surface area contributed by atoms with Crippen LogP contribution >= 0.6 is 11.3 Å². The highest BCUT2D eigenvalue weighted by atomic mass is 32.3. The smallest absolute Gasteiger partial charge is 0.379 e. The summed E-state index contributed by atoms with van der Waals surface area (Å²) >= 11 is 0.595. The number of carbonyl (C=O) groups excluding carboxylic acids is 3. The van der Waals surface area contributed by atoms with E-state index in [9.17, 15) is 74.7 Å². The number of allylic oxidation sites excluding steroid dienone is 6. The second-order valence-corrected chi connectivity index (χ2v) is 32.2. The van der Waals surface area contributed by atoms with E-state index < -0.39 is 104 Å². The lowest BCUT2D eigenvalue weighted by Crippen LogP contribution is -2.28. The molecule has 2 aliphatic rings. The molecule has 3 amide bonds. The highest BCUT2D eigenvalue weighted by Gasteiger charge is 2.46. The van der Waals surface area contributed by atoms with Crippen LogP contribution in [0.1, 0.15) is 103 Å². The molecule has 2 aromatic heterocycles. The molecule has 98 heavy (non-hydrogen) atoms. The molecule has 2 aliphatic heterocycles. The number of nitrogens with one attached hydrogen (secondary N) is 3. The van der Waals surface area contributed by atoms with Crippen molar-refractivity contribution in [2.45, 2.75) is 96.7 Å². The molecule has 0 fully saturated rings. The van der Waals surface area contributed by atoms with Crippen LogP contribution in [0.3, 0.4) is 0 Å². The van der Waals surface area contributed by atoms with Gasteiger partial charge in [-0.25, -0.2) is 13.6 Å². The third kappa shape index (κ3) is 18.1. The minimum Gasteiger partial charge on any atom is -0.379 e. The van der Waals surface area contributed by atoms with E-state index in [2.05, 4.69) is 30.7 Å². The van der Waals surface area contributed by atoms with Crippen molar-refractivity contribution in [1.29, 1.82) is 0 Å². The predicted octanol–water partition coefficient (Wildman–Crippen LogP) is 6.10. The molecule has 0 atom stereocenters. The van der Waals surface area contributed by atoms with Crippen molar-refractivity contribution in [3.8, 4) is 0 Å². The van der Waals surface area contributed by atoms with Crippen LogP contribution in [0.2, 0.25) is 0 Å². The number of rotatable bonds is 26. The number of carbonyl (C=O) groups is 3. The summed E-state index contributed by atoms with van der Waals surface area (Å²) in [6.45, 7) is 10.3. The van der Waals surface area contributed by atoms with Crippen molar-refractivity contribution >= 4 is 139 Å². The molecule has 9 N–H and O–H groups in total. The van der Waals surface area contributed by atoms with Gasteiger partial charge in [-0.15, -0.1) is 22.8 Å². The molecule has 0 radical (unpaired) electrons. The maximum absolute atomic E-state index is 13.6. The van der Waals surface area contributed by atoms with Crippen LogP contribution in [-0.2, 0) is 88.0 Å². The average Bonchev–Trinajstić information content (AvgIpc) is 1.54. The topological polar surface area (TPSA) is 470 Å². The quantitative estimate of drug-likeness (QED) is 0.00997. The molecule has 7 aromatic rings. The van der Waals surface area contributed by atoms with Gasteiger partial charge in [-0.1, -0.05) is 68.9 Å². The van der Waals surface area contributed by atoms with Crippen LogP contribution < -0.4 is 26.0 Å². The summed E-state index contributed by atoms with van der Waals surface area (Å²) < 4.78 is 196. The maximum atomic E-state index is 13.6. The number of unbranched alkanes of at least 4 members (excludes halogenated alkanes) is 1. The summed E-state index contributed by atoms with van der Waals surface area (Å²) in [6.07, 6.45) is 9.93. The first kappa shape index (κ1) is 75.3. The molecular formula is C61H66N9O21S7+. The second kappa shape index (κ2) is 30.0. The molecule has 0 unspecified atom stereocenters. The number of aromatic nitrogens is 3. The Morgan fingerprint density at radius 1 is 0.724 bits per heavy atom. The number of anilines is 2. The fourth-order valence-electron chi connectivity index (χ4n) is 11.4. The van der Waals surface area contributed by atoms with Crippen LogP contribution in [0.15, 0.2) is 146 Å². The molecule has 522 valence electrons. The Bertz CT molecular complexity index is 5190. The zero-order chi connectivity index (χ0) is 72.1. The molecular weight excluding hydrogens is 1420 g/mol. The minimum absolute atomic E-state index is 0.0123. The Labute approximate surface area is 569 Å². The number of fused-ring (bicyclic) bond motifs is 6. The Hall–Kier alpha value is -8.44. The average molecular weight is 1490 g/mol. The zero-order valence-electron chi connectivity index (χ0n) is 52.7. The van der Waals surface area contributed by atoms with Gasteiger partial charge >= 0.3 is 10.6 Å². The molecule has 4 heterocycles. The predicted molar refractivity (Wildman–Crippen MR) is 361 cm³/mol. The van der Waals surface area contributed by atoms with Crippen molar-refractivity contribution in [3.63, 3.8) is 0 Å². The van der Waals surface area contributed by atoms with Gasteiger partial charge in [0, 0.05) is 89.7 Å². The van der Waals surface area contributed by atoms with Gasteiger partial charge in [0.2, 0.25) is 21.1 Å². The lowest BCUT2D eigenvalue weighted by atomic mass is 9.79. The first-order valence-corrected chi connectivity index (χ1v) is 38.7. The van der Waals surface area contributed by atoms with Crippen molar-refractivity contribution in [2.24, 2.45) is 5.14 Å². The van der Waals surface area contributed by atoms with E-state index in [-0.39, 0.29) is 83.5 Å². The van der Waals surface area contributed by atoms with Gasteiger partial charge in [0.1, 0.15) is 11.4 Å². The van der Waals surface area contributed by atoms with E-state index in [1.54, 1.807) is 67.3 Å². The van der Waals surface area contributed by atoms with E-state index in [4.69, 9.17) is 27.5 Å². The Balaban J connectivity index is 0.00000298. The fourth-order valence-corrected chi connectivity index (χ4v) is 15.1. The number of hydrogen-bond acceptors (Lipinski definition) is 22. The Morgan fingerprint density at radius 3 is 2.00 bits per heavy atom. The number of ether oxygens (including phenoxy) is 1. The van der Waals surface area contributed by atoms with E-state index >= 15 is 0 Å². The molecule has 0 aliphatic carbocycles. The number of primary sulfonamides is 1. The first-order valence-electron chi connectivity index (χ1n) is 29.4. The molecule has 0 bridgehead atoms. The van der Waals surface area contributed by atoms with Crippen LogP contribution in [0.5, 0.6) is 0 Å². The summed E-state index contributed by atoms with van der Waals surface area (Å²) in [4.78, 5) is 43.4. The van der Waals surface area contributed by atoms with Crippen molar-refractivity contribution in [2.75, 3.05) is 48.8 Å². The summed E-state index contributed by atoms with van der Waals surface area (Å²) in [7, 11) is -26.4. The lowest BCUT2D eigenvalue weighted by Gasteiger charge is -2.27. The molecule has 0 saturated carbocycles. The third-order valence-corrected chi connectivity index (χ3v) is 21.4. The molecule has 9 rings (SSSR count). The van der Waals surface area contributed by atoms with Gasteiger partial charge in [-0.3, -0.25) is 42.9 Å². The van der Waals surface area contributed by atoms with Crippen molar-refractivity contribution in [1.82, 2.24) is 25.8 Å². The number of amides is 3. The first-order chi connectivity index (χ1) is 45.7. The number of pyridine rings is 1. The zero-order valence-corrected chi connectivity index (χ0v) is 58.4. The highest BCUT2D eigenvalue weighted by Crippen LogP contribution is 2.52. The van der Waals surface area contributed by atoms with Gasteiger partial charge in [-0.05, 0) is 120 Å². The second-order valence-electron chi connectivity index (χ2n) is 23.3. The lowest BCUT2D eigenvalue weighted by molar-refractivity contribution is -0.438. The monoisotopic (exact) mass is 1480 g/mol. The van der Waals surface area contributed by atoms with Crippen LogP contribution in [0.25, 0.3) is 27.1 Å². The summed E-state index contributed by atoms with van der Waals surface area (Å²) in [6, 6.07) is 22.3. The molecule has 37 heteroatoms. The number of nitrogens with zero attached hydrogens (tertiary/aromatic N) is 5. The standard InChI is InChI=1S/C61H65N9O18S6.O3S/c1-6-7-27-69-48-21-15-38-13-18-42(92(79,80)81)32-45(38)54(48)60(2,3)51(69)23-16-39(17-24-52-61(4,5)55-46-33-43(93(82,83)84)34-50(94(85,86)87)44(46)19-22-49(55)70(52)28-8-31-90(74,75)76)47-20-14-41(36-64-47)56(72)63-26-30-88-29-25-53(71)65-35-37-9-11-40(12-10-37)57(73)66-58-67-68-59(89-58)91(62,77)78;1-4(2)3/h9-24,32-34,36H,6-8,25-31,35H2,1-5H3,(H8-,62,63,65,66,67,71,72,73,74,75,76,77,78,79,80,81,82,83,84,85,86,87);/p+1. The van der Waals surface area contributed by atoms with Gasteiger partial charge in [-0.2, -0.15) is 38.2 Å². The summed E-state index contributed by atoms with van der Waals surface area (Å²) in [5, 5.41) is 21.3. The van der Waals surface area contributed by atoms with Gasteiger partial charge in [0.25, 0.3) is 62.3 Å². The summed E-state index contributed by atoms with van der Waals surface area (Å²) in [5.41, 5.74) is 3.40. The van der Waals surface area contributed by atoms with E-state index in [0.29, 0.717) is 63.1 Å². The Kier molecular flexibility index (Phi) is 23.0. The maximum Gasteiger partial charge on any atom is 0.425 e. The number of sulfonamides is 1. The molecule has 30 nitrogen and oxygen atoms in total. The van der Waals surface area contributed by atoms with E-state index in [1.165, 1.54) is 42.6 Å². The van der Waals surface area contributed by atoms with Crippen molar-refractivity contribution < 1.29 is 96.6 Å². The van der Waals surface area contributed by atoms with Crippen LogP contribution in [-0.4, -0.2) is 155 Å². The number of benzene rings is 5. The van der Waals surface area contributed by atoms with E-state index in [1.807, 2.05) is 39.0 Å². The van der Waals surface area contributed by atoms with Crippen LogP contribution in [0, 0.1) is 0 Å². The largest absolute Gasteiger partial charge is 0.425 e. The molecule has 0 spiro atoms.